The van der Waals surface area contributed by atoms with Crippen molar-refractivity contribution in [2.24, 2.45) is 5.92 Å². The number of amides is 1. The van der Waals surface area contributed by atoms with Crippen LogP contribution in [0.4, 0.5) is 5.69 Å². The summed E-state index contributed by atoms with van der Waals surface area (Å²) in [6.45, 7) is 1.97. The summed E-state index contributed by atoms with van der Waals surface area (Å²) in [4.78, 5) is 14.9. The second-order valence-electron chi connectivity index (χ2n) is 6.95. The maximum atomic E-state index is 13.0. The summed E-state index contributed by atoms with van der Waals surface area (Å²) in [5.74, 6) is 2.17. The molecule has 0 aromatic heterocycles. The maximum absolute atomic E-state index is 13.0. The molecule has 4 rings (SSSR count). The first kappa shape index (κ1) is 16.9. The van der Waals surface area contributed by atoms with E-state index in [1.807, 2.05) is 36.2 Å². The Hall–Kier alpha value is -2.53. The fourth-order valence-corrected chi connectivity index (χ4v) is 3.82. The van der Waals surface area contributed by atoms with Crippen molar-refractivity contribution < 1.29 is 14.3 Å². The van der Waals surface area contributed by atoms with Crippen LogP contribution in [0.5, 0.6) is 11.5 Å². The number of hydrogen-bond donors (Lipinski definition) is 1. The van der Waals surface area contributed by atoms with Crippen molar-refractivity contribution in [1.29, 1.82) is 0 Å². The molecule has 0 saturated heterocycles. The molecule has 136 valence electrons. The van der Waals surface area contributed by atoms with Crippen LogP contribution in [0.25, 0.3) is 0 Å². The molecule has 0 fully saturated rings. The number of fused-ring (bicyclic) bond motifs is 2. The second kappa shape index (κ2) is 7.38. The number of anilines is 1. The molecule has 1 atom stereocenters. The summed E-state index contributed by atoms with van der Waals surface area (Å²) >= 11 is 0. The third-order valence-corrected chi connectivity index (χ3v) is 5.09. The summed E-state index contributed by atoms with van der Waals surface area (Å²) in [5, 5.41) is 3.25. The zero-order valence-electron chi connectivity index (χ0n) is 15.0. The molecule has 2 heterocycles. The molecule has 2 aromatic carbocycles. The summed E-state index contributed by atoms with van der Waals surface area (Å²) in [6, 6.07) is 14.2. The summed E-state index contributed by atoms with van der Waals surface area (Å²) in [5.41, 5.74) is 3.42. The normalized spacial score (nSPS) is 17.9. The van der Waals surface area contributed by atoms with E-state index in [9.17, 15) is 4.79 Å². The molecular weight excluding hydrogens is 328 g/mol. The molecule has 0 saturated carbocycles. The minimum Gasteiger partial charge on any atom is -0.454 e. The highest BCUT2D eigenvalue weighted by atomic mass is 16.7. The van der Waals surface area contributed by atoms with E-state index < -0.39 is 0 Å². The zero-order valence-corrected chi connectivity index (χ0v) is 15.0. The van der Waals surface area contributed by atoms with Gasteiger partial charge in [-0.15, -0.1) is 0 Å². The molecule has 26 heavy (non-hydrogen) atoms. The number of aryl methyl sites for hydroxylation is 1. The number of para-hydroxylation sites is 1. The number of nitrogens with one attached hydrogen (secondary N) is 1. The van der Waals surface area contributed by atoms with Crippen LogP contribution < -0.4 is 19.7 Å². The molecule has 0 aliphatic carbocycles. The third kappa shape index (κ3) is 3.40. The predicted octanol–water partition coefficient (Wildman–Crippen LogP) is 2.77. The van der Waals surface area contributed by atoms with Crippen LogP contribution in [0.15, 0.2) is 42.5 Å². The number of ether oxygens (including phenoxy) is 2. The maximum Gasteiger partial charge on any atom is 0.231 e. The topological polar surface area (TPSA) is 50.8 Å². The molecule has 1 unspecified atom stereocenters. The molecule has 2 aliphatic heterocycles. The van der Waals surface area contributed by atoms with Gasteiger partial charge in [-0.05, 0) is 61.7 Å². The lowest BCUT2D eigenvalue weighted by atomic mass is 9.92. The van der Waals surface area contributed by atoms with Gasteiger partial charge in [0.25, 0.3) is 0 Å². The van der Waals surface area contributed by atoms with E-state index in [2.05, 4.69) is 23.5 Å². The largest absolute Gasteiger partial charge is 0.454 e. The Morgan fingerprint density at radius 1 is 1.19 bits per heavy atom. The first-order chi connectivity index (χ1) is 12.7. The fourth-order valence-electron chi connectivity index (χ4n) is 3.82. The Morgan fingerprint density at radius 3 is 2.92 bits per heavy atom. The van der Waals surface area contributed by atoms with Crippen LogP contribution in [0.2, 0.25) is 0 Å². The minimum absolute atomic E-state index is 0.177. The molecule has 2 aromatic rings. The molecule has 5 heteroatoms. The van der Waals surface area contributed by atoms with Crippen LogP contribution in [-0.4, -0.2) is 32.8 Å². The van der Waals surface area contributed by atoms with E-state index in [1.165, 1.54) is 5.56 Å². The minimum atomic E-state index is 0.177. The van der Waals surface area contributed by atoms with Gasteiger partial charge in [0.2, 0.25) is 12.7 Å². The van der Waals surface area contributed by atoms with Gasteiger partial charge in [-0.25, -0.2) is 0 Å². The van der Waals surface area contributed by atoms with E-state index in [0.29, 0.717) is 18.8 Å². The van der Waals surface area contributed by atoms with Gasteiger partial charge in [0, 0.05) is 18.7 Å². The van der Waals surface area contributed by atoms with Crippen molar-refractivity contribution >= 4 is 11.6 Å². The standard InChI is InChI=1S/C21H24N2O3/c1-22-12-16-10-17-4-2-3-5-18(17)23(13-16)21(24)9-7-15-6-8-19-20(11-15)26-14-25-19/h2-6,8,11,16,22H,7,9-10,12-14H2,1H3. The van der Waals surface area contributed by atoms with Gasteiger partial charge in [-0.3, -0.25) is 4.79 Å². The first-order valence-electron chi connectivity index (χ1n) is 9.16. The van der Waals surface area contributed by atoms with Gasteiger partial charge in [-0.1, -0.05) is 24.3 Å². The van der Waals surface area contributed by atoms with E-state index in [4.69, 9.17) is 9.47 Å². The lowest BCUT2D eigenvalue weighted by molar-refractivity contribution is -0.118. The third-order valence-electron chi connectivity index (χ3n) is 5.09. The van der Waals surface area contributed by atoms with Crippen molar-refractivity contribution in [1.82, 2.24) is 5.32 Å². The highest BCUT2D eigenvalue weighted by Crippen LogP contribution is 2.33. The highest BCUT2D eigenvalue weighted by Gasteiger charge is 2.27. The SMILES string of the molecule is CNCC1Cc2ccccc2N(C(=O)CCc2ccc3c(c2)OCO3)C1. The van der Waals surface area contributed by atoms with Crippen molar-refractivity contribution in [3.8, 4) is 11.5 Å². The molecule has 5 nitrogen and oxygen atoms in total. The Morgan fingerprint density at radius 2 is 2.04 bits per heavy atom. The number of nitrogens with zero attached hydrogens (tertiary/aromatic N) is 1. The van der Waals surface area contributed by atoms with E-state index in [-0.39, 0.29) is 12.7 Å². The molecule has 0 bridgehead atoms. The van der Waals surface area contributed by atoms with E-state index in [1.54, 1.807) is 0 Å². The van der Waals surface area contributed by atoms with Crippen LogP contribution in [0.1, 0.15) is 17.5 Å². The summed E-state index contributed by atoms with van der Waals surface area (Å²) in [6.07, 6.45) is 2.20. The van der Waals surface area contributed by atoms with Gasteiger partial charge in [0.15, 0.2) is 11.5 Å². The molecule has 0 spiro atoms. The zero-order chi connectivity index (χ0) is 17.9. The van der Waals surface area contributed by atoms with Gasteiger partial charge >= 0.3 is 0 Å². The number of rotatable bonds is 5. The first-order valence-corrected chi connectivity index (χ1v) is 9.16. The average Bonchev–Trinajstić information content (AvgIpc) is 3.13. The molecular formula is C21H24N2O3. The summed E-state index contributed by atoms with van der Waals surface area (Å²) in [7, 11) is 1.96. The molecule has 1 N–H and O–H groups in total. The summed E-state index contributed by atoms with van der Waals surface area (Å²) < 4.78 is 10.8. The molecule has 0 radical (unpaired) electrons. The monoisotopic (exact) mass is 352 g/mol. The van der Waals surface area contributed by atoms with Crippen molar-refractivity contribution in [3.63, 3.8) is 0 Å². The highest BCUT2D eigenvalue weighted by molar-refractivity contribution is 5.94. The van der Waals surface area contributed by atoms with Crippen LogP contribution in [-0.2, 0) is 17.6 Å². The second-order valence-corrected chi connectivity index (χ2v) is 6.95. The quantitative estimate of drug-likeness (QED) is 0.899. The van der Waals surface area contributed by atoms with Crippen LogP contribution >= 0.6 is 0 Å². The number of carbonyl (C=O) groups is 1. The number of carbonyl (C=O) groups excluding carboxylic acids is 1. The Bertz CT molecular complexity index is 806. The smallest absolute Gasteiger partial charge is 0.231 e. The Labute approximate surface area is 153 Å². The van der Waals surface area contributed by atoms with Crippen LogP contribution in [0, 0.1) is 5.92 Å². The van der Waals surface area contributed by atoms with E-state index >= 15 is 0 Å². The Kier molecular flexibility index (Phi) is 4.80. The lowest BCUT2D eigenvalue weighted by Gasteiger charge is -2.34. The van der Waals surface area contributed by atoms with Crippen molar-refractivity contribution in [2.45, 2.75) is 19.3 Å². The lowest BCUT2D eigenvalue weighted by Crippen LogP contribution is -2.42. The number of hydrogen-bond acceptors (Lipinski definition) is 4. The predicted molar refractivity (Wildman–Crippen MR) is 101 cm³/mol. The average molecular weight is 352 g/mol. The van der Waals surface area contributed by atoms with Crippen molar-refractivity contribution in [2.75, 3.05) is 31.8 Å². The van der Waals surface area contributed by atoms with Crippen molar-refractivity contribution in [3.05, 3.63) is 53.6 Å². The van der Waals surface area contributed by atoms with E-state index in [0.717, 1.165) is 42.3 Å². The fraction of sp³-hybridized carbons (Fsp3) is 0.381. The van der Waals surface area contributed by atoms with Crippen LogP contribution in [0.3, 0.4) is 0 Å². The number of benzene rings is 2. The van der Waals surface area contributed by atoms with Gasteiger partial charge in [-0.2, -0.15) is 0 Å². The molecule has 1 amide bonds. The Balaban J connectivity index is 1.46. The van der Waals surface area contributed by atoms with Gasteiger partial charge in [0.1, 0.15) is 0 Å². The van der Waals surface area contributed by atoms with Gasteiger partial charge in [0.05, 0.1) is 0 Å². The van der Waals surface area contributed by atoms with Gasteiger partial charge < -0.3 is 19.7 Å². The molecule has 2 aliphatic rings.